The van der Waals surface area contributed by atoms with E-state index in [1.807, 2.05) is 25.1 Å². The largest absolute Gasteiger partial charge is 0.508 e. The Hall–Kier alpha value is -3.13. The van der Waals surface area contributed by atoms with E-state index in [9.17, 15) is 10.4 Å². The SMILES string of the molecule is COc1ccc([C@@H]2C(C#N)=C(N)Oc3cc(O)ccc32)cc1C. The van der Waals surface area contributed by atoms with Crippen molar-refractivity contribution in [2.24, 2.45) is 5.73 Å². The number of hydrogen-bond donors (Lipinski definition) is 2. The summed E-state index contributed by atoms with van der Waals surface area (Å²) < 4.78 is 10.8. The molecule has 0 bridgehead atoms. The molecular weight excluding hydrogens is 292 g/mol. The van der Waals surface area contributed by atoms with Crippen molar-refractivity contribution in [3.63, 3.8) is 0 Å². The molecule has 23 heavy (non-hydrogen) atoms. The van der Waals surface area contributed by atoms with Crippen LogP contribution in [0.5, 0.6) is 17.2 Å². The molecule has 0 fully saturated rings. The third kappa shape index (κ3) is 2.44. The minimum Gasteiger partial charge on any atom is -0.508 e. The summed E-state index contributed by atoms with van der Waals surface area (Å²) in [5.74, 6) is 1.04. The molecule has 1 heterocycles. The first kappa shape index (κ1) is 14.8. The summed E-state index contributed by atoms with van der Waals surface area (Å²) in [5, 5.41) is 19.1. The third-order valence-corrected chi connectivity index (χ3v) is 3.95. The smallest absolute Gasteiger partial charge is 0.205 e. The molecule has 2 aromatic carbocycles. The van der Waals surface area contributed by atoms with Crippen LogP contribution in [0.3, 0.4) is 0 Å². The Morgan fingerprint density at radius 1 is 1.26 bits per heavy atom. The first-order valence-electron chi connectivity index (χ1n) is 7.10. The second kappa shape index (κ2) is 5.58. The van der Waals surface area contributed by atoms with Gasteiger partial charge in [0.05, 0.1) is 13.0 Å². The number of phenols is 1. The fourth-order valence-corrected chi connectivity index (χ4v) is 2.87. The standard InChI is InChI=1S/C18H16N2O3/c1-10-7-11(3-6-15(10)22-2)17-13-5-4-12(21)8-16(13)23-18(20)14(17)9-19/h3-8,17,21H,20H2,1-2H3/t17-/m0/s1. The van der Waals surface area contributed by atoms with Gasteiger partial charge in [-0.2, -0.15) is 5.26 Å². The van der Waals surface area contributed by atoms with E-state index in [4.69, 9.17) is 15.2 Å². The van der Waals surface area contributed by atoms with Gasteiger partial charge in [-0.15, -0.1) is 0 Å². The molecule has 5 nitrogen and oxygen atoms in total. The molecule has 0 aliphatic carbocycles. The van der Waals surface area contributed by atoms with Crippen molar-refractivity contribution >= 4 is 0 Å². The maximum atomic E-state index is 9.65. The van der Waals surface area contributed by atoms with Crippen LogP contribution in [-0.2, 0) is 0 Å². The van der Waals surface area contributed by atoms with Crippen LogP contribution in [0, 0.1) is 18.3 Å². The highest BCUT2D eigenvalue weighted by atomic mass is 16.5. The number of phenolic OH excluding ortho intramolecular Hbond substituents is 1. The summed E-state index contributed by atoms with van der Waals surface area (Å²) in [4.78, 5) is 0. The zero-order valence-electron chi connectivity index (χ0n) is 12.8. The van der Waals surface area contributed by atoms with Crippen molar-refractivity contribution in [2.45, 2.75) is 12.8 Å². The van der Waals surface area contributed by atoms with E-state index in [1.54, 1.807) is 19.2 Å². The van der Waals surface area contributed by atoms with Crippen molar-refractivity contribution in [3.8, 4) is 23.3 Å². The van der Waals surface area contributed by atoms with Crippen LogP contribution in [0.15, 0.2) is 47.9 Å². The number of rotatable bonds is 2. The molecule has 1 aliphatic rings. The minimum absolute atomic E-state index is 0.0593. The molecule has 1 aliphatic heterocycles. The third-order valence-electron chi connectivity index (χ3n) is 3.95. The number of nitrogens with zero attached hydrogens (tertiary/aromatic N) is 1. The number of aryl methyl sites for hydroxylation is 1. The zero-order valence-corrected chi connectivity index (χ0v) is 12.8. The predicted molar refractivity (Wildman–Crippen MR) is 85.1 cm³/mol. The average Bonchev–Trinajstić information content (AvgIpc) is 2.53. The van der Waals surface area contributed by atoms with Crippen molar-refractivity contribution < 1.29 is 14.6 Å². The van der Waals surface area contributed by atoms with E-state index >= 15 is 0 Å². The first-order valence-corrected chi connectivity index (χ1v) is 7.10. The molecule has 0 spiro atoms. The predicted octanol–water partition coefficient (Wildman–Crippen LogP) is 2.93. The number of fused-ring (bicyclic) bond motifs is 1. The molecule has 116 valence electrons. The quantitative estimate of drug-likeness (QED) is 0.890. The van der Waals surface area contributed by atoms with E-state index < -0.39 is 0 Å². The Morgan fingerprint density at radius 2 is 2.04 bits per heavy atom. The molecule has 3 N–H and O–H groups in total. The van der Waals surface area contributed by atoms with Crippen LogP contribution in [0.2, 0.25) is 0 Å². The molecule has 3 rings (SSSR count). The summed E-state index contributed by atoms with van der Waals surface area (Å²) in [7, 11) is 1.62. The number of benzene rings is 2. The van der Waals surface area contributed by atoms with Crippen LogP contribution >= 0.6 is 0 Å². The highest BCUT2D eigenvalue weighted by Gasteiger charge is 2.31. The van der Waals surface area contributed by atoms with Gasteiger partial charge in [-0.25, -0.2) is 0 Å². The number of nitrogens with two attached hydrogens (primary N) is 1. The number of allylic oxidation sites excluding steroid dienone is 1. The highest BCUT2D eigenvalue weighted by molar-refractivity contribution is 5.57. The van der Waals surface area contributed by atoms with Crippen molar-refractivity contribution in [1.82, 2.24) is 0 Å². The number of hydrogen-bond acceptors (Lipinski definition) is 5. The Labute approximate surface area is 134 Å². The van der Waals surface area contributed by atoms with Gasteiger partial charge in [-0.1, -0.05) is 18.2 Å². The van der Waals surface area contributed by atoms with Gasteiger partial charge in [0.1, 0.15) is 28.9 Å². The monoisotopic (exact) mass is 308 g/mol. The summed E-state index contributed by atoms with van der Waals surface area (Å²) in [6.07, 6.45) is 0. The van der Waals surface area contributed by atoms with Crippen molar-refractivity contribution in [1.29, 1.82) is 5.26 Å². The Balaban J connectivity index is 2.20. The molecule has 1 atom stereocenters. The number of methoxy groups -OCH3 is 1. The van der Waals surface area contributed by atoms with Crippen LogP contribution in [0.4, 0.5) is 0 Å². The maximum Gasteiger partial charge on any atom is 0.205 e. The lowest BCUT2D eigenvalue weighted by atomic mass is 9.83. The van der Waals surface area contributed by atoms with Crippen LogP contribution in [0.1, 0.15) is 22.6 Å². The summed E-state index contributed by atoms with van der Waals surface area (Å²) in [6.45, 7) is 1.94. The molecule has 2 aromatic rings. The molecule has 0 unspecified atom stereocenters. The lowest BCUT2D eigenvalue weighted by molar-refractivity contribution is 0.388. The van der Waals surface area contributed by atoms with Gasteiger partial charge in [0.15, 0.2) is 0 Å². The number of aromatic hydroxyl groups is 1. The first-order chi connectivity index (χ1) is 11.0. The lowest BCUT2D eigenvalue weighted by Gasteiger charge is -2.26. The van der Waals surface area contributed by atoms with Crippen molar-refractivity contribution in [2.75, 3.05) is 7.11 Å². The molecular formula is C18H16N2O3. The normalized spacial score (nSPS) is 16.3. The van der Waals surface area contributed by atoms with Gasteiger partial charge < -0.3 is 20.3 Å². The van der Waals surface area contributed by atoms with Gasteiger partial charge in [0, 0.05) is 11.6 Å². The van der Waals surface area contributed by atoms with Gasteiger partial charge in [-0.05, 0) is 30.2 Å². The maximum absolute atomic E-state index is 9.65. The molecule has 0 amide bonds. The second-order valence-corrected chi connectivity index (χ2v) is 5.38. The average molecular weight is 308 g/mol. The van der Waals surface area contributed by atoms with Gasteiger partial charge in [0.25, 0.3) is 0 Å². The fourth-order valence-electron chi connectivity index (χ4n) is 2.87. The number of nitriles is 1. The lowest BCUT2D eigenvalue weighted by Crippen LogP contribution is -2.21. The summed E-state index contributed by atoms with van der Waals surface area (Å²) in [5.41, 5.74) is 8.93. The second-order valence-electron chi connectivity index (χ2n) is 5.38. The molecule has 0 radical (unpaired) electrons. The molecule has 5 heteroatoms. The minimum atomic E-state index is -0.339. The Morgan fingerprint density at radius 3 is 2.70 bits per heavy atom. The number of ether oxygens (including phenoxy) is 2. The highest BCUT2D eigenvalue weighted by Crippen LogP contribution is 2.43. The van der Waals surface area contributed by atoms with Gasteiger partial charge >= 0.3 is 0 Å². The zero-order chi connectivity index (χ0) is 16.6. The van der Waals surface area contributed by atoms with Gasteiger partial charge in [-0.3, -0.25) is 0 Å². The molecule has 0 aromatic heterocycles. The Bertz CT molecular complexity index is 850. The van der Waals surface area contributed by atoms with E-state index in [2.05, 4.69) is 6.07 Å². The van der Waals surface area contributed by atoms with E-state index in [1.165, 1.54) is 6.07 Å². The van der Waals surface area contributed by atoms with Crippen LogP contribution in [0.25, 0.3) is 0 Å². The van der Waals surface area contributed by atoms with Crippen LogP contribution in [-0.4, -0.2) is 12.2 Å². The fraction of sp³-hybridized carbons (Fsp3) is 0.167. The molecule has 0 saturated carbocycles. The van der Waals surface area contributed by atoms with E-state index in [0.29, 0.717) is 11.3 Å². The van der Waals surface area contributed by atoms with E-state index in [-0.39, 0.29) is 17.6 Å². The van der Waals surface area contributed by atoms with Crippen LogP contribution < -0.4 is 15.2 Å². The van der Waals surface area contributed by atoms with Gasteiger partial charge in [0.2, 0.25) is 5.88 Å². The van der Waals surface area contributed by atoms with Crippen molar-refractivity contribution in [3.05, 3.63) is 64.5 Å². The van der Waals surface area contributed by atoms with E-state index in [0.717, 1.165) is 22.4 Å². The summed E-state index contributed by atoms with van der Waals surface area (Å²) >= 11 is 0. The topological polar surface area (TPSA) is 88.5 Å². The Kier molecular flexibility index (Phi) is 3.59. The molecule has 0 saturated heterocycles. The summed E-state index contributed by atoms with van der Waals surface area (Å²) in [6, 6.07) is 12.7.